The van der Waals surface area contributed by atoms with E-state index in [1.54, 1.807) is 6.07 Å². The molecule has 0 saturated heterocycles. The summed E-state index contributed by atoms with van der Waals surface area (Å²) in [4.78, 5) is 23.8. The molecule has 0 heterocycles. The molecule has 2 atom stereocenters. The Bertz CT molecular complexity index is 729. The third kappa shape index (κ3) is 3.68. The summed E-state index contributed by atoms with van der Waals surface area (Å²) in [5, 5.41) is 17.0. The average Bonchev–Trinajstić information content (AvgIpc) is 2.97. The van der Waals surface area contributed by atoms with Crippen molar-refractivity contribution < 1.29 is 14.7 Å². The van der Waals surface area contributed by atoms with Gasteiger partial charge in [0.15, 0.2) is 0 Å². The van der Waals surface area contributed by atoms with E-state index in [4.69, 9.17) is 0 Å². The lowest BCUT2D eigenvalue weighted by atomic mass is 10.1. The number of aliphatic hydroxyl groups excluding tert-OH is 1. The van der Waals surface area contributed by atoms with Gasteiger partial charge in [0.25, 0.3) is 0 Å². The predicted molar refractivity (Wildman–Crippen MR) is 88.9 cm³/mol. The van der Waals surface area contributed by atoms with E-state index in [2.05, 4.69) is 10.6 Å². The fraction of sp³-hybridized carbons (Fsp3) is 0.333. The van der Waals surface area contributed by atoms with Crippen LogP contribution >= 0.6 is 0 Å². The molecule has 0 bridgehead atoms. The van der Waals surface area contributed by atoms with E-state index in [9.17, 15) is 14.7 Å². The van der Waals surface area contributed by atoms with Crippen molar-refractivity contribution in [2.45, 2.75) is 25.4 Å². The monoisotopic (exact) mass is 312 g/mol. The Morgan fingerprint density at radius 3 is 2.57 bits per heavy atom. The molecule has 3 rings (SSSR count). The number of aliphatic hydroxyl groups is 1. The van der Waals surface area contributed by atoms with E-state index in [0.29, 0.717) is 12.2 Å². The highest BCUT2D eigenvalue weighted by Crippen LogP contribution is 2.24. The minimum Gasteiger partial charge on any atom is -0.393 e. The Balaban J connectivity index is 1.57. The first kappa shape index (κ1) is 15.5. The number of anilines is 1. The van der Waals surface area contributed by atoms with Gasteiger partial charge in [0.05, 0.1) is 6.10 Å². The summed E-state index contributed by atoms with van der Waals surface area (Å²) < 4.78 is 0. The Hall–Kier alpha value is -2.40. The molecule has 2 unspecified atom stereocenters. The van der Waals surface area contributed by atoms with Crippen LogP contribution in [0.25, 0.3) is 10.8 Å². The summed E-state index contributed by atoms with van der Waals surface area (Å²) in [6.07, 6.45) is 2.24. The molecule has 0 aromatic heterocycles. The molecule has 1 saturated carbocycles. The van der Waals surface area contributed by atoms with Gasteiger partial charge in [-0.2, -0.15) is 0 Å². The first-order valence-corrected chi connectivity index (χ1v) is 7.89. The van der Waals surface area contributed by atoms with Gasteiger partial charge in [-0.1, -0.05) is 36.8 Å². The van der Waals surface area contributed by atoms with Crippen molar-refractivity contribution in [2.75, 3.05) is 11.9 Å². The first-order chi connectivity index (χ1) is 11.1. The van der Waals surface area contributed by atoms with E-state index < -0.39 is 11.8 Å². The Morgan fingerprint density at radius 1 is 1.04 bits per heavy atom. The molecule has 5 nitrogen and oxygen atoms in total. The third-order valence-electron chi connectivity index (χ3n) is 4.36. The van der Waals surface area contributed by atoms with Gasteiger partial charge in [-0.25, -0.2) is 0 Å². The molecule has 5 heteroatoms. The second kappa shape index (κ2) is 6.79. The normalized spacial score (nSPS) is 20.4. The van der Waals surface area contributed by atoms with Gasteiger partial charge in [0.1, 0.15) is 0 Å². The summed E-state index contributed by atoms with van der Waals surface area (Å²) in [5.74, 6) is -1.31. The van der Waals surface area contributed by atoms with Crippen LogP contribution in [0.5, 0.6) is 0 Å². The molecule has 2 aromatic carbocycles. The molecule has 23 heavy (non-hydrogen) atoms. The molecular formula is C18H20N2O3. The molecule has 120 valence electrons. The zero-order valence-electron chi connectivity index (χ0n) is 12.8. The maximum Gasteiger partial charge on any atom is 0.313 e. The largest absolute Gasteiger partial charge is 0.393 e. The second-order valence-corrected chi connectivity index (χ2v) is 5.98. The molecular weight excluding hydrogens is 292 g/mol. The van der Waals surface area contributed by atoms with Crippen molar-refractivity contribution in [1.82, 2.24) is 5.32 Å². The maximum absolute atomic E-state index is 11.9. The van der Waals surface area contributed by atoms with Crippen LogP contribution in [0.3, 0.4) is 0 Å². The van der Waals surface area contributed by atoms with Crippen molar-refractivity contribution in [1.29, 1.82) is 0 Å². The molecule has 3 N–H and O–H groups in total. The minimum absolute atomic E-state index is 0.0485. The third-order valence-corrected chi connectivity index (χ3v) is 4.36. The van der Waals surface area contributed by atoms with Crippen LogP contribution in [-0.4, -0.2) is 29.6 Å². The fourth-order valence-corrected chi connectivity index (χ4v) is 3.01. The summed E-state index contributed by atoms with van der Waals surface area (Å²) >= 11 is 0. The lowest BCUT2D eigenvalue weighted by Crippen LogP contribution is -2.39. The van der Waals surface area contributed by atoms with Crippen molar-refractivity contribution in [3.05, 3.63) is 42.5 Å². The number of carbonyl (C=O) groups excluding carboxylic acids is 2. The van der Waals surface area contributed by atoms with Gasteiger partial charge in [-0.05, 0) is 35.7 Å². The Kier molecular flexibility index (Phi) is 4.57. The van der Waals surface area contributed by atoms with Crippen molar-refractivity contribution in [3.8, 4) is 0 Å². The fourth-order valence-electron chi connectivity index (χ4n) is 3.01. The van der Waals surface area contributed by atoms with Crippen LogP contribution < -0.4 is 10.6 Å². The van der Waals surface area contributed by atoms with Crippen LogP contribution in [0, 0.1) is 5.92 Å². The molecule has 0 spiro atoms. The second-order valence-electron chi connectivity index (χ2n) is 5.98. The lowest BCUT2D eigenvalue weighted by Gasteiger charge is -2.14. The molecule has 1 aliphatic rings. The van der Waals surface area contributed by atoms with Crippen molar-refractivity contribution >= 4 is 28.3 Å². The van der Waals surface area contributed by atoms with Gasteiger partial charge in [-0.15, -0.1) is 0 Å². The Morgan fingerprint density at radius 2 is 1.83 bits per heavy atom. The zero-order chi connectivity index (χ0) is 16.2. The average molecular weight is 312 g/mol. The van der Waals surface area contributed by atoms with E-state index >= 15 is 0 Å². The molecule has 2 amide bonds. The molecule has 2 aromatic rings. The number of rotatable bonds is 3. The number of hydrogen-bond donors (Lipinski definition) is 3. The maximum atomic E-state index is 11.9. The van der Waals surface area contributed by atoms with Crippen molar-refractivity contribution in [3.63, 3.8) is 0 Å². The zero-order valence-corrected chi connectivity index (χ0v) is 12.8. The lowest BCUT2D eigenvalue weighted by molar-refractivity contribution is -0.136. The minimum atomic E-state index is -0.687. The van der Waals surface area contributed by atoms with Crippen LogP contribution in [0.1, 0.15) is 19.3 Å². The molecule has 0 aliphatic heterocycles. The number of carbonyl (C=O) groups is 2. The number of fused-ring (bicyclic) bond motifs is 1. The number of amides is 2. The number of nitrogens with one attached hydrogen (secondary N) is 2. The molecule has 1 fully saturated rings. The number of benzene rings is 2. The van der Waals surface area contributed by atoms with Crippen LogP contribution in [0.2, 0.25) is 0 Å². The quantitative estimate of drug-likeness (QED) is 0.759. The van der Waals surface area contributed by atoms with Crippen LogP contribution in [-0.2, 0) is 9.59 Å². The smallest absolute Gasteiger partial charge is 0.313 e. The van der Waals surface area contributed by atoms with Gasteiger partial charge >= 0.3 is 11.8 Å². The summed E-state index contributed by atoms with van der Waals surface area (Å²) in [6, 6.07) is 13.3. The van der Waals surface area contributed by atoms with Gasteiger partial charge in [0, 0.05) is 18.2 Å². The standard InChI is InChI=1S/C18H20N2O3/c21-16-7-3-6-14(16)11-19-17(22)18(23)20-15-9-8-12-4-1-2-5-13(12)10-15/h1-2,4-5,8-10,14,16,21H,3,6-7,11H2,(H,19,22)(H,20,23). The molecule has 0 radical (unpaired) electrons. The summed E-state index contributed by atoms with van der Waals surface area (Å²) in [7, 11) is 0. The van der Waals surface area contributed by atoms with E-state index in [0.717, 1.165) is 30.0 Å². The van der Waals surface area contributed by atoms with E-state index in [1.165, 1.54) is 0 Å². The van der Waals surface area contributed by atoms with E-state index in [-0.39, 0.29) is 12.0 Å². The van der Waals surface area contributed by atoms with Gasteiger partial charge in [-0.3, -0.25) is 9.59 Å². The van der Waals surface area contributed by atoms with E-state index in [1.807, 2.05) is 36.4 Å². The van der Waals surface area contributed by atoms with Gasteiger partial charge in [0.2, 0.25) is 0 Å². The highest BCUT2D eigenvalue weighted by molar-refractivity contribution is 6.39. The highest BCUT2D eigenvalue weighted by atomic mass is 16.3. The Labute approximate surface area is 134 Å². The summed E-state index contributed by atoms with van der Waals surface area (Å²) in [5.41, 5.74) is 0.588. The SMILES string of the molecule is O=C(NCC1CCCC1O)C(=O)Nc1ccc2ccccc2c1. The first-order valence-electron chi connectivity index (χ1n) is 7.89. The summed E-state index contributed by atoms with van der Waals surface area (Å²) in [6.45, 7) is 0.338. The topological polar surface area (TPSA) is 78.4 Å². The van der Waals surface area contributed by atoms with Crippen molar-refractivity contribution in [2.24, 2.45) is 5.92 Å². The molecule has 1 aliphatic carbocycles. The predicted octanol–water partition coefficient (Wildman–Crippen LogP) is 2.06. The van der Waals surface area contributed by atoms with Crippen LogP contribution in [0.4, 0.5) is 5.69 Å². The van der Waals surface area contributed by atoms with Gasteiger partial charge < -0.3 is 15.7 Å². The number of hydrogen-bond acceptors (Lipinski definition) is 3. The van der Waals surface area contributed by atoms with Crippen LogP contribution in [0.15, 0.2) is 42.5 Å². The highest BCUT2D eigenvalue weighted by Gasteiger charge is 2.26.